The Hall–Kier alpha value is -3.74. The molecule has 0 aliphatic carbocycles. The first-order valence-electron chi connectivity index (χ1n) is 9.47. The fourth-order valence-electron chi connectivity index (χ4n) is 3.55. The molecule has 7 heteroatoms. The topological polar surface area (TPSA) is 78.5 Å². The van der Waals surface area contributed by atoms with Crippen LogP contribution in [0, 0.1) is 12.7 Å². The number of amides is 4. The second-order valence-electron chi connectivity index (χ2n) is 7.52. The van der Waals surface area contributed by atoms with E-state index in [1.165, 1.54) is 12.1 Å². The van der Waals surface area contributed by atoms with Crippen molar-refractivity contribution in [1.29, 1.82) is 0 Å². The fraction of sp³-hybridized carbons (Fsp3) is 0.174. The number of anilines is 1. The van der Waals surface area contributed by atoms with Crippen LogP contribution in [0.1, 0.15) is 18.1 Å². The van der Waals surface area contributed by atoms with E-state index in [1.807, 2.05) is 36.4 Å². The molecule has 4 amide bonds. The molecule has 1 heterocycles. The highest BCUT2D eigenvalue weighted by atomic mass is 19.1. The van der Waals surface area contributed by atoms with Crippen LogP contribution in [0.15, 0.2) is 60.7 Å². The first kappa shape index (κ1) is 19.6. The number of benzene rings is 3. The van der Waals surface area contributed by atoms with E-state index in [0.717, 1.165) is 15.7 Å². The predicted octanol–water partition coefficient (Wildman–Crippen LogP) is 3.69. The van der Waals surface area contributed by atoms with Crippen molar-refractivity contribution >= 4 is 34.3 Å². The van der Waals surface area contributed by atoms with Crippen molar-refractivity contribution in [1.82, 2.24) is 10.2 Å². The van der Waals surface area contributed by atoms with Gasteiger partial charge in [-0.15, -0.1) is 0 Å². The van der Waals surface area contributed by atoms with Gasteiger partial charge in [-0.3, -0.25) is 14.5 Å². The molecule has 1 aliphatic heterocycles. The van der Waals surface area contributed by atoms with Gasteiger partial charge < -0.3 is 10.6 Å². The SMILES string of the molecule is Cc1ccc(NC(=O)CN2C(=O)NC(C)(c3ccc4ccccc4c3)C2=O)cc1F. The lowest BCUT2D eigenvalue weighted by molar-refractivity contribution is -0.133. The zero-order valence-electron chi connectivity index (χ0n) is 16.5. The van der Waals surface area contributed by atoms with E-state index in [4.69, 9.17) is 0 Å². The highest BCUT2D eigenvalue weighted by Gasteiger charge is 2.49. The van der Waals surface area contributed by atoms with Crippen LogP contribution >= 0.6 is 0 Å². The Bertz CT molecular complexity index is 1190. The summed E-state index contributed by atoms with van der Waals surface area (Å²) in [5.74, 6) is -1.57. The molecule has 152 valence electrons. The van der Waals surface area contributed by atoms with Gasteiger partial charge in [-0.25, -0.2) is 9.18 Å². The number of hydrogen-bond donors (Lipinski definition) is 2. The average Bonchev–Trinajstić information content (AvgIpc) is 2.94. The minimum atomic E-state index is -1.28. The molecule has 0 saturated carbocycles. The number of urea groups is 1. The zero-order chi connectivity index (χ0) is 21.5. The minimum Gasteiger partial charge on any atom is -0.324 e. The van der Waals surface area contributed by atoms with Gasteiger partial charge in [0.15, 0.2) is 0 Å². The Morgan fingerprint density at radius 2 is 1.80 bits per heavy atom. The summed E-state index contributed by atoms with van der Waals surface area (Å²) in [6.45, 7) is 2.76. The van der Waals surface area contributed by atoms with E-state index in [-0.39, 0.29) is 5.69 Å². The van der Waals surface area contributed by atoms with Gasteiger partial charge in [-0.05, 0) is 53.9 Å². The Kier molecular flexibility index (Phi) is 4.73. The van der Waals surface area contributed by atoms with Crippen LogP contribution in [0.5, 0.6) is 0 Å². The first-order chi connectivity index (χ1) is 14.3. The lowest BCUT2D eigenvalue weighted by Gasteiger charge is -2.22. The van der Waals surface area contributed by atoms with E-state index < -0.39 is 35.7 Å². The van der Waals surface area contributed by atoms with Gasteiger partial charge in [0.05, 0.1) is 0 Å². The molecular weight excluding hydrogens is 385 g/mol. The van der Waals surface area contributed by atoms with Gasteiger partial charge in [0.25, 0.3) is 5.91 Å². The lowest BCUT2D eigenvalue weighted by Crippen LogP contribution is -2.42. The summed E-state index contributed by atoms with van der Waals surface area (Å²) >= 11 is 0. The van der Waals surface area contributed by atoms with Gasteiger partial charge >= 0.3 is 6.03 Å². The summed E-state index contributed by atoms with van der Waals surface area (Å²) in [5.41, 5.74) is 0.0564. The molecule has 0 radical (unpaired) electrons. The smallest absolute Gasteiger partial charge is 0.324 e. The largest absolute Gasteiger partial charge is 0.325 e. The van der Waals surface area contributed by atoms with Crippen LogP contribution < -0.4 is 10.6 Å². The third-order valence-electron chi connectivity index (χ3n) is 5.36. The Morgan fingerprint density at radius 3 is 2.53 bits per heavy atom. The molecule has 1 aliphatic rings. The number of fused-ring (bicyclic) bond motifs is 1. The fourth-order valence-corrected chi connectivity index (χ4v) is 3.55. The quantitative estimate of drug-likeness (QED) is 0.650. The number of carbonyl (C=O) groups is 3. The van der Waals surface area contributed by atoms with E-state index in [2.05, 4.69) is 10.6 Å². The number of rotatable bonds is 4. The second kappa shape index (κ2) is 7.26. The number of aryl methyl sites for hydroxylation is 1. The van der Waals surface area contributed by atoms with Crippen LogP contribution in [0.4, 0.5) is 14.9 Å². The predicted molar refractivity (Wildman–Crippen MR) is 111 cm³/mol. The maximum atomic E-state index is 13.7. The second-order valence-corrected chi connectivity index (χ2v) is 7.52. The van der Waals surface area contributed by atoms with Gasteiger partial charge in [-0.1, -0.05) is 42.5 Å². The van der Waals surface area contributed by atoms with E-state index in [0.29, 0.717) is 11.1 Å². The van der Waals surface area contributed by atoms with E-state index in [1.54, 1.807) is 26.0 Å². The van der Waals surface area contributed by atoms with Crippen LogP contribution in [-0.4, -0.2) is 29.3 Å². The van der Waals surface area contributed by atoms with Crippen LogP contribution in [-0.2, 0) is 15.1 Å². The maximum Gasteiger partial charge on any atom is 0.325 e. The van der Waals surface area contributed by atoms with Gasteiger partial charge in [0, 0.05) is 5.69 Å². The molecule has 3 aromatic rings. The molecule has 6 nitrogen and oxygen atoms in total. The van der Waals surface area contributed by atoms with Gasteiger partial charge in [-0.2, -0.15) is 0 Å². The Morgan fingerprint density at radius 1 is 1.07 bits per heavy atom. The number of nitrogens with zero attached hydrogens (tertiary/aromatic N) is 1. The molecule has 0 bridgehead atoms. The van der Waals surface area contributed by atoms with Gasteiger partial charge in [0.1, 0.15) is 17.9 Å². The minimum absolute atomic E-state index is 0.257. The Balaban J connectivity index is 1.53. The molecular formula is C23H20FN3O3. The molecule has 30 heavy (non-hydrogen) atoms. The molecule has 1 unspecified atom stereocenters. The monoisotopic (exact) mass is 405 g/mol. The van der Waals surface area contributed by atoms with Crippen LogP contribution in [0.2, 0.25) is 0 Å². The van der Waals surface area contributed by atoms with Crippen LogP contribution in [0.25, 0.3) is 10.8 Å². The van der Waals surface area contributed by atoms with E-state index in [9.17, 15) is 18.8 Å². The summed E-state index contributed by atoms with van der Waals surface area (Å²) < 4.78 is 13.7. The van der Waals surface area contributed by atoms with Crippen molar-refractivity contribution in [3.05, 3.63) is 77.6 Å². The Labute approximate surface area is 172 Å². The number of carbonyl (C=O) groups excluding carboxylic acids is 3. The molecule has 0 aromatic heterocycles. The van der Waals surface area contributed by atoms with Crippen molar-refractivity contribution in [2.75, 3.05) is 11.9 Å². The molecule has 0 spiro atoms. The number of imide groups is 1. The summed E-state index contributed by atoms with van der Waals surface area (Å²) in [7, 11) is 0. The number of nitrogens with one attached hydrogen (secondary N) is 2. The molecule has 3 aromatic carbocycles. The van der Waals surface area contributed by atoms with Crippen molar-refractivity contribution in [3.8, 4) is 0 Å². The third-order valence-corrected chi connectivity index (χ3v) is 5.36. The lowest BCUT2D eigenvalue weighted by atomic mass is 9.90. The van der Waals surface area contributed by atoms with E-state index >= 15 is 0 Å². The standard InChI is InChI=1S/C23H20FN3O3/c1-14-7-10-18(12-19(14)24)25-20(28)13-27-21(29)23(2,26-22(27)30)17-9-8-15-5-3-4-6-16(15)11-17/h3-12H,13H2,1-2H3,(H,25,28)(H,26,30). The first-order valence-corrected chi connectivity index (χ1v) is 9.47. The highest BCUT2D eigenvalue weighted by molar-refractivity contribution is 6.10. The van der Waals surface area contributed by atoms with Crippen molar-refractivity contribution in [2.45, 2.75) is 19.4 Å². The summed E-state index contributed by atoms with van der Waals surface area (Å²) in [5, 5.41) is 7.17. The normalized spacial score (nSPS) is 18.6. The summed E-state index contributed by atoms with van der Waals surface area (Å²) in [6, 6.07) is 16.9. The number of halogens is 1. The molecule has 1 fully saturated rings. The molecule has 2 N–H and O–H groups in total. The molecule has 1 atom stereocenters. The maximum absolute atomic E-state index is 13.7. The van der Waals surface area contributed by atoms with Gasteiger partial charge in [0.2, 0.25) is 5.91 Å². The van der Waals surface area contributed by atoms with Crippen molar-refractivity contribution in [3.63, 3.8) is 0 Å². The molecule has 4 rings (SSSR count). The number of hydrogen-bond acceptors (Lipinski definition) is 3. The van der Waals surface area contributed by atoms with Crippen molar-refractivity contribution < 1.29 is 18.8 Å². The average molecular weight is 405 g/mol. The third kappa shape index (κ3) is 3.39. The van der Waals surface area contributed by atoms with Crippen molar-refractivity contribution in [2.24, 2.45) is 0 Å². The summed E-state index contributed by atoms with van der Waals surface area (Å²) in [6.07, 6.45) is 0. The van der Waals surface area contributed by atoms with Crippen LogP contribution in [0.3, 0.4) is 0 Å². The zero-order valence-corrected chi connectivity index (χ0v) is 16.5. The summed E-state index contributed by atoms with van der Waals surface area (Å²) in [4.78, 5) is 38.8. The highest BCUT2D eigenvalue weighted by Crippen LogP contribution is 2.31. The molecule has 1 saturated heterocycles.